The molecule has 32 heavy (non-hydrogen) atoms. The van der Waals surface area contributed by atoms with E-state index in [2.05, 4.69) is 20.1 Å². The molecule has 0 N–H and O–H groups in total. The average Bonchev–Trinajstić information content (AvgIpc) is 3.41. The van der Waals surface area contributed by atoms with E-state index < -0.39 is 5.92 Å². The summed E-state index contributed by atoms with van der Waals surface area (Å²) in [5.41, 5.74) is 4.68. The molecule has 5 rings (SSSR count). The Morgan fingerprint density at radius 1 is 1.09 bits per heavy atom. The number of hydrogen-bond donors (Lipinski definition) is 0. The first-order chi connectivity index (χ1) is 15.5. The van der Waals surface area contributed by atoms with Crippen molar-refractivity contribution in [3.63, 3.8) is 0 Å². The first kappa shape index (κ1) is 20.7. The van der Waals surface area contributed by atoms with Crippen molar-refractivity contribution in [2.24, 2.45) is 0 Å². The Kier molecular flexibility index (Phi) is 5.41. The maximum absolute atomic E-state index is 13.4. The largest absolute Gasteiger partial charge is 0.414 e. The van der Waals surface area contributed by atoms with Crippen LogP contribution >= 0.6 is 23.2 Å². The van der Waals surface area contributed by atoms with Gasteiger partial charge in [-0.3, -0.25) is 9.78 Å². The minimum absolute atomic E-state index is 0.000596. The topological polar surface area (TPSA) is 72.1 Å². The molecule has 0 aliphatic carbocycles. The van der Waals surface area contributed by atoms with Gasteiger partial charge in [-0.15, -0.1) is 10.2 Å². The number of anilines is 1. The summed E-state index contributed by atoms with van der Waals surface area (Å²) in [5.74, 6) is -0.320. The van der Waals surface area contributed by atoms with Gasteiger partial charge in [-0.25, -0.2) is 0 Å². The minimum Gasteiger partial charge on any atom is -0.414 e. The summed E-state index contributed by atoms with van der Waals surface area (Å²) < 4.78 is 5.72. The molecule has 0 saturated heterocycles. The van der Waals surface area contributed by atoms with Gasteiger partial charge in [0.2, 0.25) is 11.7 Å². The molecule has 3 heterocycles. The zero-order valence-electron chi connectivity index (χ0n) is 17.1. The lowest BCUT2D eigenvalue weighted by atomic mass is 9.95. The molecule has 1 unspecified atom stereocenters. The number of carbonyl (C=O) groups excluding carboxylic acids is 1. The fourth-order valence-corrected chi connectivity index (χ4v) is 4.44. The Balaban J connectivity index is 1.45. The molecular weight excluding hydrogens is 447 g/mol. The van der Waals surface area contributed by atoms with Gasteiger partial charge in [0.05, 0.1) is 5.92 Å². The van der Waals surface area contributed by atoms with Gasteiger partial charge in [0.1, 0.15) is 0 Å². The molecule has 0 radical (unpaired) electrons. The Hall–Kier alpha value is -3.22. The monoisotopic (exact) mass is 464 g/mol. The van der Waals surface area contributed by atoms with Gasteiger partial charge in [-0.2, -0.15) is 0 Å². The summed E-state index contributed by atoms with van der Waals surface area (Å²) in [4.78, 5) is 19.5. The van der Waals surface area contributed by atoms with E-state index in [1.807, 2.05) is 37.3 Å². The Labute approximate surface area is 194 Å². The van der Waals surface area contributed by atoms with Crippen LogP contribution in [0.25, 0.3) is 11.5 Å². The molecule has 1 aliphatic heterocycles. The number of fused-ring (bicyclic) bond motifs is 1. The fraction of sp³-hybridized carbons (Fsp3) is 0.167. The first-order valence-electron chi connectivity index (χ1n) is 10.1. The van der Waals surface area contributed by atoms with Crippen LogP contribution in [0.4, 0.5) is 5.69 Å². The molecule has 4 aromatic rings. The van der Waals surface area contributed by atoms with Crippen LogP contribution in [0.5, 0.6) is 0 Å². The van der Waals surface area contributed by atoms with Gasteiger partial charge in [-0.05, 0) is 48.4 Å². The number of benzene rings is 2. The summed E-state index contributed by atoms with van der Waals surface area (Å²) in [6.45, 7) is 3.06. The van der Waals surface area contributed by atoms with Crippen LogP contribution in [-0.4, -0.2) is 27.5 Å². The SMILES string of the molecule is Cc1ccc2c(c1)C(C(=O)c1nnc(-c3ccncc3)o1)CN2Cc1ccc(Cl)cc1Cl. The summed E-state index contributed by atoms with van der Waals surface area (Å²) in [6, 6.07) is 15.1. The summed E-state index contributed by atoms with van der Waals surface area (Å²) in [5, 5.41) is 9.26. The summed E-state index contributed by atoms with van der Waals surface area (Å²) in [7, 11) is 0. The van der Waals surface area contributed by atoms with Crippen molar-refractivity contribution >= 4 is 34.7 Å². The molecule has 8 heteroatoms. The first-order valence-corrected chi connectivity index (χ1v) is 10.8. The van der Waals surface area contributed by atoms with Gasteiger partial charge in [-0.1, -0.05) is 47.0 Å². The van der Waals surface area contributed by atoms with Gasteiger partial charge >= 0.3 is 0 Å². The molecule has 0 spiro atoms. The van der Waals surface area contributed by atoms with E-state index in [9.17, 15) is 4.79 Å². The molecule has 6 nitrogen and oxygen atoms in total. The number of ketones is 1. The smallest absolute Gasteiger partial charge is 0.285 e. The van der Waals surface area contributed by atoms with Gasteiger partial charge in [0.15, 0.2) is 0 Å². The van der Waals surface area contributed by atoms with Gasteiger partial charge < -0.3 is 9.32 Å². The highest BCUT2D eigenvalue weighted by atomic mass is 35.5. The number of carbonyl (C=O) groups is 1. The molecule has 0 fully saturated rings. The Morgan fingerprint density at radius 3 is 2.69 bits per heavy atom. The predicted octanol–water partition coefficient (Wildman–Crippen LogP) is 5.73. The molecule has 0 amide bonds. The van der Waals surface area contributed by atoms with Crippen molar-refractivity contribution in [3.8, 4) is 11.5 Å². The van der Waals surface area contributed by atoms with E-state index in [0.717, 1.165) is 22.4 Å². The van der Waals surface area contributed by atoms with Crippen LogP contribution in [-0.2, 0) is 6.54 Å². The third kappa shape index (κ3) is 3.87. The van der Waals surface area contributed by atoms with E-state index >= 15 is 0 Å². The third-order valence-electron chi connectivity index (χ3n) is 5.56. The third-order valence-corrected chi connectivity index (χ3v) is 6.14. The van der Waals surface area contributed by atoms with Crippen LogP contribution < -0.4 is 4.90 Å². The van der Waals surface area contributed by atoms with Crippen molar-refractivity contribution in [1.29, 1.82) is 0 Å². The maximum Gasteiger partial charge on any atom is 0.285 e. The van der Waals surface area contributed by atoms with E-state index in [1.165, 1.54) is 0 Å². The van der Waals surface area contributed by atoms with Crippen molar-refractivity contribution in [2.45, 2.75) is 19.4 Å². The number of rotatable bonds is 5. The standard InChI is InChI=1S/C24H18Cl2N4O2/c1-14-2-5-21-18(10-14)19(13-30(21)12-16-3-4-17(25)11-20(16)26)22(31)24-29-28-23(32-24)15-6-8-27-9-7-15/h2-11,19H,12-13H2,1H3. The molecule has 0 saturated carbocycles. The molecule has 1 aliphatic rings. The normalized spacial score (nSPS) is 15.1. The van der Waals surface area contributed by atoms with Crippen molar-refractivity contribution in [3.05, 3.63) is 93.6 Å². The lowest BCUT2D eigenvalue weighted by molar-refractivity contribution is 0.0931. The lowest BCUT2D eigenvalue weighted by Crippen LogP contribution is -2.24. The molecule has 2 aromatic heterocycles. The predicted molar refractivity (Wildman–Crippen MR) is 123 cm³/mol. The van der Waals surface area contributed by atoms with Crippen molar-refractivity contribution < 1.29 is 9.21 Å². The number of pyridine rings is 1. The second-order valence-corrected chi connectivity index (χ2v) is 8.59. The number of nitrogens with zero attached hydrogens (tertiary/aromatic N) is 4. The van der Waals surface area contributed by atoms with E-state index in [0.29, 0.717) is 34.6 Å². The Morgan fingerprint density at radius 2 is 1.91 bits per heavy atom. The number of aryl methyl sites for hydroxylation is 1. The fourth-order valence-electron chi connectivity index (χ4n) is 3.97. The van der Waals surface area contributed by atoms with Gasteiger partial charge in [0, 0.05) is 46.8 Å². The summed E-state index contributed by atoms with van der Waals surface area (Å²) >= 11 is 12.4. The van der Waals surface area contributed by atoms with Crippen LogP contribution in [0.1, 0.15) is 33.3 Å². The minimum atomic E-state index is -0.415. The second kappa shape index (κ2) is 8.37. The molecular formula is C24H18Cl2N4O2. The highest BCUT2D eigenvalue weighted by Crippen LogP contribution is 2.40. The van der Waals surface area contributed by atoms with E-state index in [-0.39, 0.29) is 11.7 Å². The number of hydrogen-bond acceptors (Lipinski definition) is 6. The molecule has 160 valence electrons. The van der Waals surface area contributed by atoms with Crippen LogP contribution in [0, 0.1) is 6.92 Å². The zero-order valence-corrected chi connectivity index (χ0v) is 18.6. The zero-order chi connectivity index (χ0) is 22.2. The van der Waals surface area contributed by atoms with Crippen LogP contribution in [0.3, 0.4) is 0 Å². The van der Waals surface area contributed by atoms with E-state index in [1.54, 1.807) is 30.6 Å². The highest BCUT2D eigenvalue weighted by Gasteiger charge is 2.36. The number of Topliss-reactive ketones (excluding diaryl/α,β-unsaturated/α-hetero) is 1. The summed E-state index contributed by atoms with van der Waals surface area (Å²) in [6.07, 6.45) is 3.27. The molecule has 1 atom stereocenters. The number of halogens is 2. The van der Waals surface area contributed by atoms with Gasteiger partial charge in [0.25, 0.3) is 5.89 Å². The number of aromatic nitrogens is 3. The van der Waals surface area contributed by atoms with E-state index in [4.69, 9.17) is 27.6 Å². The van der Waals surface area contributed by atoms with Crippen LogP contribution in [0.2, 0.25) is 10.0 Å². The maximum atomic E-state index is 13.4. The van der Waals surface area contributed by atoms with Crippen molar-refractivity contribution in [2.75, 3.05) is 11.4 Å². The Bertz CT molecular complexity index is 1310. The lowest BCUT2D eigenvalue weighted by Gasteiger charge is -2.20. The van der Waals surface area contributed by atoms with Crippen molar-refractivity contribution in [1.82, 2.24) is 15.2 Å². The molecule has 2 aromatic carbocycles. The highest BCUT2D eigenvalue weighted by molar-refractivity contribution is 6.35. The second-order valence-electron chi connectivity index (χ2n) is 7.74. The van der Waals surface area contributed by atoms with Crippen LogP contribution in [0.15, 0.2) is 65.3 Å². The average molecular weight is 465 g/mol. The molecule has 0 bridgehead atoms. The quantitative estimate of drug-likeness (QED) is 0.351.